The van der Waals surface area contributed by atoms with E-state index in [9.17, 15) is 9.59 Å². The van der Waals surface area contributed by atoms with Crippen molar-refractivity contribution in [3.63, 3.8) is 0 Å². The van der Waals surface area contributed by atoms with E-state index in [4.69, 9.17) is 15.9 Å². The van der Waals surface area contributed by atoms with Crippen LogP contribution in [0.4, 0.5) is 0 Å². The fourth-order valence-corrected chi connectivity index (χ4v) is 1.32. The maximum Gasteiger partial charge on any atom is 0.321 e. The quantitative estimate of drug-likeness (QED) is 0.395. The predicted octanol–water partition coefficient (Wildman–Crippen LogP) is 0.0230. The summed E-state index contributed by atoms with van der Waals surface area (Å²) in [5.74, 6) is -2.23. The van der Waals surface area contributed by atoms with Gasteiger partial charge in [-0.25, -0.2) is 0 Å². The van der Waals surface area contributed by atoms with Crippen molar-refractivity contribution < 1.29 is 19.8 Å². The fourth-order valence-electron chi connectivity index (χ4n) is 1.32. The van der Waals surface area contributed by atoms with Crippen molar-refractivity contribution in [3.05, 3.63) is 0 Å². The zero-order valence-corrected chi connectivity index (χ0v) is 9.32. The highest BCUT2D eigenvalue weighted by Gasteiger charge is 2.19. The number of nitrogens with two attached hydrogens (primary N) is 1. The maximum absolute atomic E-state index is 10.7. The van der Waals surface area contributed by atoms with Crippen LogP contribution >= 0.6 is 0 Å². The Morgan fingerprint density at radius 2 is 1.75 bits per heavy atom. The molecule has 0 radical (unpaired) electrons. The smallest absolute Gasteiger partial charge is 0.321 e. The zero-order valence-electron chi connectivity index (χ0n) is 9.32. The van der Waals surface area contributed by atoms with Crippen LogP contribution in [-0.4, -0.2) is 41.3 Å². The molecule has 0 aromatic rings. The summed E-state index contributed by atoms with van der Waals surface area (Å²) in [4.78, 5) is 21.0. The van der Waals surface area contributed by atoms with Crippen LogP contribution in [0.1, 0.15) is 32.1 Å². The van der Waals surface area contributed by atoms with Crippen molar-refractivity contribution >= 4 is 11.9 Å². The Balaban J connectivity index is 3.60. The second kappa shape index (κ2) is 9.11. The highest BCUT2D eigenvalue weighted by molar-refractivity contribution is 5.80. The Morgan fingerprint density at radius 1 is 1.12 bits per heavy atom. The van der Waals surface area contributed by atoms with Crippen LogP contribution in [0.25, 0.3) is 0 Å². The Kier molecular flexibility index (Phi) is 8.46. The summed E-state index contributed by atoms with van der Waals surface area (Å²) in [5.41, 5.74) is 5.33. The second-order valence-electron chi connectivity index (χ2n) is 3.65. The first-order valence-corrected chi connectivity index (χ1v) is 5.46. The van der Waals surface area contributed by atoms with Gasteiger partial charge in [-0.05, 0) is 25.9 Å². The molecule has 1 atom stereocenters. The largest absolute Gasteiger partial charge is 0.481 e. The summed E-state index contributed by atoms with van der Waals surface area (Å²) in [6, 6.07) is -0.994. The van der Waals surface area contributed by atoms with Crippen molar-refractivity contribution in [3.8, 4) is 0 Å². The minimum atomic E-state index is -1.12. The first-order valence-electron chi connectivity index (χ1n) is 5.46. The van der Waals surface area contributed by atoms with Gasteiger partial charge in [0, 0.05) is 0 Å². The average Bonchev–Trinajstić information content (AvgIpc) is 2.20. The van der Waals surface area contributed by atoms with Gasteiger partial charge in [-0.15, -0.1) is 0 Å². The topological polar surface area (TPSA) is 113 Å². The third kappa shape index (κ3) is 8.19. The van der Waals surface area contributed by atoms with Crippen molar-refractivity contribution in [2.45, 2.75) is 38.1 Å². The molecule has 16 heavy (non-hydrogen) atoms. The minimum absolute atomic E-state index is 0.391. The molecule has 0 aromatic heterocycles. The molecule has 0 rings (SSSR count). The molecule has 0 saturated heterocycles. The van der Waals surface area contributed by atoms with Gasteiger partial charge in [-0.1, -0.05) is 12.8 Å². The molecule has 0 spiro atoms. The number of hydrogen-bond donors (Lipinski definition) is 4. The van der Waals surface area contributed by atoms with Gasteiger partial charge in [0.05, 0.1) is 6.42 Å². The number of nitrogens with one attached hydrogen (secondary N) is 1. The van der Waals surface area contributed by atoms with Gasteiger partial charge < -0.3 is 21.3 Å². The van der Waals surface area contributed by atoms with Gasteiger partial charge in [0.1, 0.15) is 6.04 Å². The molecule has 0 unspecified atom stereocenters. The van der Waals surface area contributed by atoms with Crippen LogP contribution in [0.15, 0.2) is 0 Å². The zero-order chi connectivity index (χ0) is 12.4. The van der Waals surface area contributed by atoms with Crippen molar-refractivity contribution in [1.82, 2.24) is 5.32 Å². The molecule has 5 N–H and O–H groups in total. The Bertz CT molecular complexity index is 221. The molecule has 6 nitrogen and oxygen atoms in total. The summed E-state index contributed by atoms with van der Waals surface area (Å²) in [6.45, 7) is 1.19. The molecule has 94 valence electrons. The van der Waals surface area contributed by atoms with Crippen LogP contribution < -0.4 is 11.1 Å². The second-order valence-corrected chi connectivity index (χ2v) is 3.65. The van der Waals surface area contributed by atoms with Crippen LogP contribution in [0.3, 0.4) is 0 Å². The third-order valence-electron chi connectivity index (χ3n) is 2.20. The van der Waals surface area contributed by atoms with Crippen LogP contribution in [0, 0.1) is 0 Å². The molecule has 0 aliphatic heterocycles. The van der Waals surface area contributed by atoms with E-state index in [2.05, 4.69) is 5.32 Å². The third-order valence-corrected chi connectivity index (χ3v) is 2.20. The van der Waals surface area contributed by atoms with E-state index < -0.39 is 24.4 Å². The highest BCUT2D eigenvalue weighted by atomic mass is 16.4. The normalized spacial score (nSPS) is 12.3. The first-order chi connectivity index (χ1) is 7.57. The van der Waals surface area contributed by atoms with Crippen molar-refractivity contribution in [1.29, 1.82) is 0 Å². The van der Waals surface area contributed by atoms with E-state index in [0.717, 1.165) is 25.7 Å². The number of aliphatic carboxylic acids is 2. The van der Waals surface area contributed by atoms with Gasteiger partial charge in [-0.3, -0.25) is 9.59 Å². The van der Waals surface area contributed by atoms with Gasteiger partial charge in [0.15, 0.2) is 0 Å². The van der Waals surface area contributed by atoms with E-state index in [1.54, 1.807) is 0 Å². The standard InChI is InChI=1S/C10H20N2O4/c11-5-3-1-2-4-6-12-8(10(15)16)7-9(13)14/h8,12H,1-7,11H2,(H,13,14)(H,15,16)/t8-/m0/s1. The molecule has 6 heteroatoms. The summed E-state index contributed by atoms with van der Waals surface area (Å²) in [5, 5.41) is 19.9. The van der Waals surface area contributed by atoms with Crippen LogP contribution in [0.5, 0.6) is 0 Å². The number of hydrogen-bond acceptors (Lipinski definition) is 4. The molecule has 0 amide bonds. The summed E-state index contributed by atoms with van der Waals surface area (Å²) < 4.78 is 0. The van der Waals surface area contributed by atoms with E-state index in [-0.39, 0.29) is 0 Å². The SMILES string of the molecule is NCCCCCCN[C@@H](CC(=O)O)C(=O)O. The monoisotopic (exact) mass is 232 g/mol. The Labute approximate surface area is 94.8 Å². The maximum atomic E-state index is 10.7. The molecule has 0 aliphatic rings. The lowest BCUT2D eigenvalue weighted by molar-refractivity contribution is -0.145. The Morgan fingerprint density at radius 3 is 2.25 bits per heavy atom. The highest BCUT2D eigenvalue weighted by Crippen LogP contribution is 1.99. The number of carbonyl (C=O) groups is 2. The molecule has 0 aliphatic carbocycles. The van der Waals surface area contributed by atoms with Gasteiger partial charge in [0.2, 0.25) is 0 Å². The van der Waals surface area contributed by atoms with E-state index in [1.807, 2.05) is 0 Å². The van der Waals surface area contributed by atoms with Crippen molar-refractivity contribution in [2.24, 2.45) is 5.73 Å². The lowest BCUT2D eigenvalue weighted by Gasteiger charge is -2.11. The van der Waals surface area contributed by atoms with E-state index >= 15 is 0 Å². The minimum Gasteiger partial charge on any atom is -0.481 e. The Hall–Kier alpha value is -1.14. The van der Waals surface area contributed by atoms with E-state index in [0.29, 0.717) is 13.1 Å². The number of carboxylic acids is 2. The molecule has 0 heterocycles. The molecule has 0 saturated carbocycles. The lowest BCUT2D eigenvalue weighted by atomic mass is 10.1. The number of unbranched alkanes of at least 4 members (excludes halogenated alkanes) is 3. The van der Waals surface area contributed by atoms with E-state index in [1.165, 1.54) is 0 Å². The molecule has 0 fully saturated rings. The molecule has 0 aromatic carbocycles. The fraction of sp³-hybridized carbons (Fsp3) is 0.800. The molecular formula is C10H20N2O4. The number of rotatable bonds is 10. The lowest BCUT2D eigenvalue weighted by Crippen LogP contribution is -2.39. The van der Waals surface area contributed by atoms with Crippen LogP contribution in [0.2, 0.25) is 0 Å². The van der Waals surface area contributed by atoms with Crippen molar-refractivity contribution in [2.75, 3.05) is 13.1 Å². The van der Waals surface area contributed by atoms with Gasteiger partial charge in [0.25, 0.3) is 0 Å². The van der Waals surface area contributed by atoms with Gasteiger partial charge in [-0.2, -0.15) is 0 Å². The van der Waals surface area contributed by atoms with Gasteiger partial charge >= 0.3 is 11.9 Å². The predicted molar refractivity (Wildman–Crippen MR) is 59.2 cm³/mol. The summed E-state index contributed by atoms with van der Waals surface area (Å²) >= 11 is 0. The summed E-state index contributed by atoms with van der Waals surface area (Å²) in [7, 11) is 0. The summed E-state index contributed by atoms with van der Waals surface area (Å²) in [6.07, 6.45) is 3.41. The molecular weight excluding hydrogens is 212 g/mol. The van der Waals surface area contributed by atoms with Crippen LogP contribution in [-0.2, 0) is 9.59 Å². The first kappa shape index (κ1) is 14.9. The molecule has 0 bridgehead atoms. The number of carboxylic acid groups (broad SMARTS) is 2. The average molecular weight is 232 g/mol.